The molecular formula is C13H20O3. The number of hydrogen-bond donors (Lipinski definition) is 2. The predicted molar refractivity (Wildman–Crippen MR) is 63.6 cm³/mol. The zero-order chi connectivity index (χ0) is 12.3. The van der Waals surface area contributed by atoms with E-state index in [0.717, 1.165) is 11.1 Å². The minimum absolute atomic E-state index is 0.204. The maximum atomic E-state index is 9.62. The first-order chi connectivity index (χ1) is 7.29. The third kappa shape index (κ3) is 3.83. The molecule has 1 rings (SSSR count). The molecule has 0 aliphatic rings. The van der Waals surface area contributed by atoms with Gasteiger partial charge < -0.3 is 14.9 Å². The summed E-state index contributed by atoms with van der Waals surface area (Å²) in [4.78, 5) is 0. The molecule has 1 aromatic rings. The molecule has 1 unspecified atom stereocenters. The number of benzene rings is 1. The first-order valence-corrected chi connectivity index (χ1v) is 5.43. The lowest BCUT2D eigenvalue weighted by molar-refractivity contribution is 0.0272. The van der Waals surface area contributed by atoms with Crippen molar-refractivity contribution in [3.05, 3.63) is 29.3 Å². The summed E-state index contributed by atoms with van der Waals surface area (Å²) >= 11 is 0. The lowest BCUT2D eigenvalue weighted by Gasteiger charge is -2.20. The van der Waals surface area contributed by atoms with Gasteiger partial charge in [-0.15, -0.1) is 0 Å². The van der Waals surface area contributed by atoms with Gasteiger partial charge in [-0.25, -0.2) is 0 Å². The number of aliphatic hydroxyl groups is 2. The summed E-state index contributed by atoms with van der Waals surface area (Å²) in [6, 6.07) is 5.64. The molecule has 0 fully saturated rings. The number of aryl methyl sites for hydroxylation is 1. The summed E-state index contributed by atoms with van der Waals surface area (Å²) in [5.41, 5.74) is 0.955. The molecule has 3 heteroatoms. The maximum absolute atomic E-state index is 9.62. The van der Waals surface area contributed by atoms with Gasteiger partial charge in [0.1, 0.15) is 12.4 Å². The van der Waals surface area contributed by atoms with E-state index in [9.17, 15) is 10.2 Å². The van der Waals surface area contributed by atoms with Gasteiger partial charge in [0.15, 0.2) is 0 Å². The summed E-state index contributed by atoms with van der Waals surface area (Å²) in [5, 5.41) is 19.2. The summed E-state index contributed by atoms with van der Waals surface area (Å²) in [6.07, 6.45) is -0.572. The minimum atomic E-state index is -0.874. The van der Waals surface area contributed by atoms with Crippen molar-refractivity contribution in [1.29, 1.82) is 0 Å². The Balaban J connectivity index is 2.87. The second-order valence-corrected chi connectivity index (χ2v) is 4.82. The van der Waals surface area contributed by atoms with Crippen LogP contribution >= 0.6 is 0 Å². The molecule has 1 atom stereocenters. The highest BCUT2D eigenvalue weighted by atomic mass is 16.5. The van der Waals surface area contributed by atoms with E-state index in [1.807, 2.05) is 25.1 Å². The van der Waals surface area contributed by atoms with E-state index in [-0.39, 0.29) is 6.61 Å². The van der Waals surface area contributed by atoms with Crippen molar-refractivity contribution >= 4 is 0 Å². The average Bonchev–Trinajstić information content (AvgIpc) is 2.14. The monoisotopic (exact) mass is 224 g/mol. The quantitative estimate of drug-likeness (QED) is 0.824. The van der Waals surface area contributed by atoms with Gasteiger partial charge in [-0.05, 0) is 39.8 Å². The van der Waals surface area contributed by atoms with Gasteiger partial charge in [0, 0.05) is 5.56 Å². The Morgan fingerprint density at radius 2 is 2.00 bits per heavy atom. The van der Waals surface area contributed by atoms with E-state index in [1.54, 1.807) is 20.8 Å². The van der Waals surface area contributed by atoms with Gasteiger partial charge in [-0.2, -0.15) is 0 Å². The van der Waals surface area contributed by atoms with Gasteiger partial charge >= 0.3 is 0 Å². The second-order valence-electron chi connectivity index (χ2n) is 4.82. The first kappa shape index (κ1) is 13.0. The van der Waals surface area contributed by atoms with Crippen LogP contribution in [-0.4, -0.2) is 22.4 Å². The fourth-order valence-corrected chi connectivity index (χ4v) is 1.38. The van der Waals surface area contributed by atoms with Crippen LogP contribution in [0.25, 0.3) is 0 Å². The zero-order valence-electron chi connectivity index (χ0n) is 10.3. The maximum Gasteiger partial charge on any atom is 0.125 e. The van der Waals surface area contributed by atoms with Crippen LogP contribution in [0, 0.1) is 6.92 Å². The van der Waals surface area contributed by atoms with Crippen LogP contribution < -0.4 is 4.74 Å². The number of hydrogen-bond acceptors (Lipinski definition) is 3. The Hall–Kier alpha value is -1.06. The Morgan fingerprint density at radius 3 is 2.50 bits per heavy atom. The summed E-state index contributed by atoms with van der Waals surface area (Å²) in [6.45, 7) is 7.24. The van der Waals surface area contributed by atoms with Crippen molar-refractivity contribution in [3.63, 3.8) is 0 Å². The molecule has 3 nitrogen and oxygen atoms in total. The van der Waals surface area contributed by atoms with E-state index >= 15 is 0 Å². The zero-order valence-corrected chi connectivity index (χ0v) is 10.3. The molecule has 0 bridgehead atoms. The Morgan fingerprint density at radius 1 is 1.38 bits per heavy atom. The van der Waals surface area contributed by atoms with E-state index < -0.39 is 11.7 Å². The highest BCUT2D eigenvalue weighted by molar-refractivity contribution is 5.38. The third-order valence-corrected chi connectivity index (χ3v) is 2.20. The van der Waals surface area contributed by atoms with Gasteiger partial charge in [-0.1, -0.05) is 11.6 Å². The standard InChI is InChI=1S/C13H20O3/c1-9-5-6-12(11(7-9)10(2)14)16-8-13(3,4)15/h5-7,10,14-15H,8H2,1-4H3. The van der Waals surface area contributed by atoms with Crippen LogP contribution in [0.1, 0.15) is 38.0 Å². The van der Waals surface area contributed by atoms with E-state index in [2.05, 4.69) is 0 Å². The van der Waals surface area contributed by atoms with Gasteiger partial charge in [0.05, 0.1) is 11.7 Å². The molecule has 0 aliphatic heterocycles. The number of rotatable bonds is 4. The first-order valence-electron chi connectivity index (χ1n) is 5.43. The SMILES string of the molecule is Cc1ccc(OCC(C)(C)O)c(C(C)O)c1. The van der Waals surface area contributed by atoms with Crippen molar-refractivity contribution < 1.29 is 14.9 Å². The Kier molecular flexibility index (Phi) is 3.94. The van der Waals surface area contributed by atoms with Crippen LogP contribution in [0.4, 0.5) is 0 Å². The molecule has 0 aliphatic carbocycles. The van der Waals surface area contributed by atoms with Crippen molar-refractivity contribution in [3.8, 4) is 5.75 Å². The summed E-state index contributed by atoms with van der Waals surface area (Å²) in [7, 11) is 0. The van der Waals surface area contributed by atoms with E-state index in [0.29, 0.717) is 5.75 Å². The van der Waals surface area contributed by atoms with Crippen LogP contribution in [0.15, 0.2) is 18.2 Å². The van der Waals surface area contributed by atoms with Crippen molar-refractivity contribution in [2.45, 2.75) is 39.4 Å². The fourth-order valence-electron chi connectivity index (χ4n) is 1.38. The molecule has 16 heavy (non-hydrogen) atoms. The van der Waals surface area contributed by atoms with Crippen molar-refractivity contribution in [2.24, 2.45) is 0 Å². The van der Waals surface area contributed by atoms with Crippen molar-refractivity contribution in [2.75, 3.05) is 6.61 Å². The predicted octanol–water partition coefficient (Wildman–Crippen LogP) is 2.20. The molecule has 1 aromatic carbocycles. The average molecular weight is 224 g/mol. The Labute approximate surface area is 96.7 Å². The molecule has 90 valence electrons. The van der Waals surface area contributed by atoms with Crippen molar-refractivity contribution in [1.82, 2.24) is 0 Å². The normalized spacial score (nSPS) is 13.6. The van der Waals surface area contributed by atoms with E-state index in [1.165, 1.54) is 0 Å². The van der Waals surface area contributed by atoms with Gasteiger partial charge in [0.2, 0.25) is 0 Å². The largest absolute Gasteiger partial charge is 0.490 e. The molecule has 0 spiro atoms. The van der Waals surface area contributed by atoms with Crippen LogP contribution in [0.2, 0.25) is 0 Å². The lowest BCUT2D eigenvalue weighted by Crippen LogP contribution is -2.28. The molecule has 0 heterocycles. The topological polar surface area (TPSA) is 49.7 Å². The smallest absolute Gasteiger partial charge is 0.125 e. The minimum Gasteiger partial charge on any atom is -0.490 e. The Bertz CT molecular complexity index is 351. The summed E-state index contributed by atoms with van der Waals surface area (Å²) < 4.78 is 5.51. The molecule has 0 saturated carbocycles. The van der Waals surface area contributed by atoms with Gasteiger partial charge in [-0.3, -0.25) is 0 Å². The highest BCUT2D eigenvalue weighted by Gasteiger charge is 2.16. The number of aliphatic hydroxyl groups excluding tert-OH is 1. The fraction of sp³-hybridized carbons (Fsp3) is 0.538. The molecule has 2 N–H and O–H groups in total. The van der Waals surface area contributed by atoms with Gasteiger partial charge in [0.25, 0.3) is 0 Å². The highest BCUT2D eigenvalue weighted by Crippen LogP contribution is 2.26. The summed E-state index contributed by atoms with van der Waals surface area (Å²) in [5.74, 6) is 0.628. The molecule has 0 amide bonds. The van der Waals surface area contributed by atoms with Crippen LogP contribution in [-0.2, 0) is 0 Å². The molecule has 0 aromatic heterocycles. The molecule has 0 saturated heterocycles. The molecule has 0 radical (unpaired) electrons. The van der Waals surface area contributed by atoms with E-state index in [4.69, 9.17) is 4.74 Å². The van der Waals surface area contributed by atoms with Crippen LogP contribution in [0.3, 0.4) is 0 Å². The lowest BCUT2D eigenvalue weighted by atomic mass is 10.1. The number of ether oxygens (including phenoxy) is 1. The third-order valence-electron chi connectivity index (χ3n) is 2.20. The van der Waals surface area contributed by atoms with Crippen LogP contribution in [0.5, 0.6) is 5.75 Å². The molecular weight excluding hydrogens is 204 g/mol. The second kappa shape index (κ2) is 4.85.